The molecule has 0 saturated heterocycles. The number of ether oxygens (including phenoxy) is 1. The van der Waals surface area contributed by atoms with Crippen molar-refractivity contribution in [3.05, 3.63) is 47.6 Å². The third-order valence-corrected chi connectivity index (χ3v) is 4.89. The minimum Gasteiger partial charge on any atom is -0.465 e. The van der Waals surface area contributed by atoms with E-state index in [9.17, 15) is 14.4 Å². The summed E-state index contributed by atoms with van der Waals surface area (Å²) >= 11 is 2.72. The van der Waals surface area contributed by atoms with Gasteiger partial charge in [-0.1, -0.05) is 0 Å². The van der Waals surface area contributed by atoms with Gasteiger partial charge in [0.1, 0.15) is 9.58 Å². The van der Waals surface area contributed by atoms with Gasteiger partial charge in [-0.05, 0) is 26.0 Å². The number of carbonyl (C=O) groups excluding carboxylic acids is 1. The number of aromatic nitrogens is 2. The Kier molecular flexibility index (Phi) is 5.02. The van der Waals surface area contributed by atoms with Gasteiger partial charge in [0.25, 0.3) is 5.56 Å². The maximum Gasteiger partial charge on any atom is 0.350 e. The number of aryl methyl sites for hydroxylation is 2. The monoisotopic (exact) mass is 353 g/mol. The Morgan fingerprint density at radius 2 is 1.78 bits per heavy atom. The third kappa shape index (κ3) is 3.88. The van der Waals surface area contributed by atoms with Crippen molar-refractivity contribution in [1.29, 1.82) is 0 Å². The number of thiophene rings is 2. The van der Waals surface area contributed by atoms with Crippen molar-refractivity contribution in [3.8, 4) is 0 Å². The van der Waals surface area contributed by atoms with Crippen LogP contribution in [0.3, 0.4) is 0 Å². The Labute approximate surface area is 138 Å². The zero-order valence-corrected chi connectivity index (χ0v) is 14.3. The van der Waals surface area contributed by atoms with Crippen LogP contribution in [0.1, 0.15) is 19.4 Å². The van der Waals surface area contributed by atoms with Gasteiger partial charge in [0.15, 0.2) is 0 Å². The Morgan fingerprint density at radius 1 is 1.13 bits per heavy atom. The number of hydrogen-bond donors (Lipinski definition) is 3. The fourth-order valence-electron chi connectivity index (χ4n) is 1.88. The summed E-state index contributed by atoms with van der Waals surface area (Å²) < 4.78 is 5.10. The second-order valence-corrected chi connectivity index (χ2v) is 7.15. The van der Waals surface area contributed by atoms with Gasteiger partial charge in [-0.25, -0.2) is 9.59 Å². The highest BCUT2D eigenvalue weighted by molar-refractivity contribution is 7.18. The lowest BCUT2D eigenvalue weighted by Crippen LogP contribution is -2.20. The van der Waals surface area contributed by atoms with E-state index in [4.69, 9.17) is 5.73 Å². The van der Waals surface area contributed by atoms with E-state index < -0.39 is 5.69 Å². The van der Waals surface area contributed by atoms with E-state index in [1.165, 1.54) is 29.8 Å². The van der Waals surface area contributed by atoms with Crippen LogP contribution in [-0.2, 0) is 4.74 Å². The lowest BCUT2D eigenvalue weighted by Gasteiger charge is -1.94. The quantitative estimate of drug-likeness (QED) is 0.578. The number of rotatable bonds is 1. The molecule has 3 aromatic heterocycles. The molecular weight excluding hydrogens is 338 g/mol. The van der Waals surface area contributed by atoms with Crippen molar-refractivity contribution in [2.75, 3.05) is 12.8 Å². The van der Waals surface area contributed by atoms with Crippen LogP contribution in [0.5, 0.6) is 0 Å². The number of esters is 1. The smallest absolute Gasteiger partial charge is 0.350 e. The summed E-state index contributed by atoms with van der Waals surface area (Å²) in [6, 6.07) is 3.55. The van der Waals surface area contributed by atoms with Crippen molar-refractivity contribution in [1.82, 2.24) is 9.97 Å². The Hall–Kier alpha value is -2.39. The molecule has 3 rings (SSSR count). The van der Waals surface area contributed by atoms with Crippen LogP contribution in [0.15, 0.2) is 21.7 Å². The first-order chi connectivity index (χ1) is 10.8. The highest BCUT2D eigenvalue weighted by Gasteiger charge is 2.12. The fraction of sp³-hybridized carbons (Fsp3) is 0.214. The van der Waals surface area contributed by atoms with E-state index >= 15 is 0 Å². The number of anilines is 1. The molecule has 0 unspecified atom stereocenters. The first kappa shape index (κ1) is 17.0. The molecule has 122 valence electrons. The number of fused-ring (bicyclic) bond motifs is 1. The molecule has 3 aromatic rings. The molecule has 0 bridgehead atoms. The molecule has 7 nitrogen and oxygen atoms in total. The number of carbonyl (C=O) groups is 1. The molecule has 9 heteroatoms. The van der Waals surface area contributed by atoms with Gasteiger partial charge in [0, 0.05) is 9.75 Å². The van der Waals surface area contributed by atoms with Crippen LogP contribution >= 0.6 is 22.7 Å². The molecule has 0 spiro atoms. The average Bonchev–Trinajstić information content (AvgIpc) is 3.00. The predicted molar refractivity (Wildman–Crippen MR) is 92.6 cm³/mol. The Morgan fingerprint density at radius 3 is 2.35 bits per heavy atom. The molecule has 0 aromatic carbocycles. The summed E-state index contributed by atoms with van der Waals surface area (Å²) in [7, 11) is 1.34. The summed E-state index contributed by atoms with van der Waals surface area (Å²) in [5, 5.41) is 0. The number of aromatic amines is 2. The molecule has 4 N–H and O–H groups in total. The molecule has 0 aliphatic rings. The maximum atomic E-state index is 11.1. The molecule has 0 saturated carbocycles. The van der Waals surface area contributed by atoms with E-state index in [1.54, 1.807) is 12.1 Å². The number of nitrogens with two attached hydrogens (primary N) is 1. The van der Waals surface area contributed by atoms with Crippen molar-refractivity contribution in [2.45, 2.75) is 13.8 Å². The van der Waals surface area contributed by atoms with Gasteiger partial charge in [-0.15, -0.1) is 22.7 Å². The summed E-state index contributed by atoms with van der Waals surface area (Å²) in [6.07, 6.45) is 0. The molecular formula is C14H15N3O4S2. The molecule has 0 aliphatic carbocycles. The number of hydrogen-bond acceptors (Lipinski definition) is 7. The van der Waals surface area contributed by atoms with Gasteiger partial charge < -0.3 is 15.5 Å². The largest absolute Gasteiger partial charge is 0.465 e. The zero-order chi connectivity index (χ0) is 17.1. The van der Waals surface area contributed by atoms with Crippen molar-refractivity contribution < 1.29 is 9.53 Å². The van der Waals surface area contributed by atoms with Crippen molar-refractivity contribution >= 4 is 44.5 Å². The van der Waals surface area contributed by atoms with Gasteiger partial charge in [0.2, 0.25) is 0 Å². The van der Waals surface area contributed by atoms with Gasteiger partial charge >= 0.3 is 11.7 Å². The molecule has 3 heterocycles. The summed E-state index contributed by atoms with van der Waals surface area (Å²) in [5.41, 5.74) is 5.88. The molecule has 0 atom stereocenters. The Balaban J connectivity index is 0.000000168. The van der Waals surface area contributed by atoms with Crippen molar-refractivity contribution in [2.24, 2.45) is 0 Å². The molecule has 0 radical (unpaired) electrons. The lowest BCUT2D eigenvalue weighted by molar-refractivity contribution is 0.0607. The Bertz CT molecular complexity index is 964. The first-order valence-electron chi connectivity index (χ1n) is 6.48. The number of H-pyrrole nitrogens is 2. The zero-order valence-electron chi connectivity index (χ0n) is 12.7. The average molecular weight is 353 g/mol. The van der Waals surface area contributed by atoms with Crippen LogP contribution < -0.4 is 17.0 Å². The van der Waals surface area contributed by atoms with E-state index in [1.807, 2.05) is 13.8 Å². The number of methoxy groups -OCH3 is 1. The molecule has 0 aliphatic heterocycles. The van der Waals surface area contributed by atoms with E-state index in [0.717, 1.165) is 9.75 Å². The number of nitrogens with one attached hydrogen (secondary N) is 2. The van der Waals surface area contributed by atoms with E-state index in [2.05, 4.69) is 14.7 Å². The fourth-order valence-corrected chi connectivity index (χ4v) is 3.59. The summed E-state index contributed by atoms with van der Waals surface area (Å²) in [4.78, 5) is 40.2. The number of nitrogen functional groups attached to an aromatic ring is 1. The third-order valence-electron chi connectivity index (χ3n) is 2.79. The standard InChI is InChI=1S/C7H6N2O2S.C7H9NO2S/c1-3-2-4-5(12-3)6(10)9-7(11)8-4;1-4-3-5(8)6(11-4)7(9)10-2/h2H,1H3,(H2,8,9,10,11);3H,8H2,1-2H3. The summed E-state index contributed by atoms with van der Waals surface area (Å²) in [6.45, 7) is 3.79. The summed E-state index contributed by atoms with van der Waals surface area (Å²) in [5.74, 6) is -0.361. The van der Waals surface area contributed by atoms with Crippen molar-refractivity contribution in [3.63, 3.8) is 0 Å². The van der Waals surface area contributed by atoms with E-state index in [-0.39, 0.29) is 11.5 Å². The van der Waals surface area contributed by atoms with Crippen LogP contribution in [0.25, 0.3) is 10.2 Å². The van der Waals surface area contributed by atoms with Crippen LogP contribution in [-0.4, -0.2) is 23.0 Å². The van der Waals surface area contributed by atoms with Gasteiger partial charge in [-0.2, -0.15) is 0 Å². The van der Waals surface area contributed by atoms with Gasteiger partial charge in [-0.3, -0.25) is 9.78 Å². The highest BCUT2D eigenvalue weighted by Crippen LogP contribution is 2.24. The molecule has 0 amide bonds. The normalized spacial score (nSPS) is 10.2. The SMILES string of the molecule is COC(=O)c1sc(C)cc1N.Cc1cc2[nH]c(=O)[nH]c(=O)c2s1. The van der Waals surface area contributed by atoms with Gasteiger partial charge in [0.05, 0.1) is 18.3 Å². The van der Waals surface area contributed by atoms with Crippen LogP contribution in [0.2, 0.25) is 0 Å². The minimum atomic E-state index is -0.453. The molecule has 23 heavy (non-hydrogen) atoms. The topological polar surface area (TPSA) is 118 Å². The highest BCUT2D eigenvalue weighted by atomic mass is 32.1. The second-order valence-electron chi connectivity index (χ2n) is 4.64. The van der Waals surface area contributed by atoms with Crippen LogP contribution in [0.4, 0.5) is 5.69 Å². The molecule has 0 fully saturated rings. The maximum absolute atomic E-state index is 11.1. The first-order valence-corrected chi connectivity index (χ1v) is 8.12. The second kappa shape index (κ2) is 6.80. The lowest BCUT2D eigenvalue weighted by atomic mass is 10.4. The minimum absolute atomic E-state index is 0.313. The van der Waals surface area contributed by atoms with Crippen LogP contribution in [0, 0.1) is 13.8 Å². The van der Waals surface area contributed by atoms with E-state index in [0.29, 0.717) is 20.8 Å². The predicted octanol–water partition coefficient (Wildman–Crippen LogP) is 2.01.